The maximum atomic E-state index is 13.0. The zero-order valence-corrected chi connectivity index (χ0v) is 12.6. The summed E-state index contributed by atoms with van der Waals surface area (Å²) < 4.78 is 38.9. The maximum absolute atomic E-state index is 13.0. The van der Waals surface area contributed by atoms with E-state index in [1.165, 1.54) is 0 Å². The van der Waals surface area contributed by atoms with Crippen LogP contribution in [0.15, 0.2) is 16.8 Å². The Balaban J connectivity index is 2.08. The van der Waals surface area contributed by atoms with E-state index in [2.05, 4.69) is 17.6 Å². The monoisotopic (exact) mass is 305 g/mol. The summed E-state index contributed by atoms with van der Waals surface area (Å²) in [7, 11) is 0. The molecule has 0 amide bonds. The molecule has 1 heterocycles. The second kappa shape index (κ2) is 6.94. The Morgan fingerprint density at radius 1 is 1.40 bits per heavy atom. The summed E-state index contributed by atoms with van der Waals surface area (Å²) in [5, 5.41) is 7.51. The molecule has 1 aromatic heterocycles. The molecule has 1 aromatic rings. The molecule has 1 aliphatic carbocycles. The molecular weight excluding hydrogens is 283 g/mol. The predicted octanol–water partition coefficient (Wildman–Crippen LogP) is 5.16. The van der Waals surface area contributed by atoms with E-state index >= 15 is 0 Å². The van der Waals surface area contributed by atoms with Gasteiger partial charge >= 0.3 is 6.18 Å². The van der Waals surface area contributed by atoms with Gasteiger partial charge in [0.1, 0.15) is 0 Å². The van der Waals surface area contributed by atoms with Crippen LogP contribution in [0.2, 0.25) is 0 Å². The lowest BCUT2D eigenvalue weighted by Gasteiger charge is -2.35. The highest BCUT2D eigenvalue weighted by Gasteiger charge is 2.43. The molecule has 114 valence electrons. The Morgan fingerprint density at radius 2 is 2.20 bits per heavy atom. The summed E-state index contributed by atoms with van der Waals surface area (Å²) in [4.78, 5) is 0. The number of rotatable bonds is 5. The molecule has 0 bridgehead atoms. The maximum Gasteiger partial charge on any atom is 0.391 e. The van der Waals surface area contributed by atoms with E-state index in [9.17, 15) is 13.2 Å². The lowest BCUT2D eigenvalue weighted by Crippen LogP contribution is -2.35. The van der Waals surface area contributed by atoms with Gasteiger partial charge in [0.2, 0.25) is 0 Å². The summed E-state index contributed by atoms with van der Waals surface area (Å²) in [6.07, 6.45) is -0.906. The summed E-state index contributed by atoms with van der Waals surface area (Å²) in [5.41, 5.74) is 1.15. The molecule has 0 aliphatic heterocycles. The van der Waals surface area contributed by atoms with Gasteiger partial charge in [0.05, 0.1) is 5.92 Å². The van der Waals surface area contributed by atoms with E-state index in [0.717, 1.165) is 24.9 Å². The van der Waals surface area contributed by atoms with Crippen molar-refractivity contribution in [2.45, 2.75) is 51.2 Å². The number of alkyl halides is 3. The molecule has 0 radical (unpaired) electrons. The Labute approximate surface area is 122 Å². The highest BCUT2D eigenvalue weighted by atomic mass is 32.1. The van der Waals surface area contributed by atoms with Crippen molar-refractivity contribution in [1.82, 2.24) is 5.32 Å². The standard InChI is InChI=1S/C15H22F3NS/c1-2-7-19-14(12-6-8-20-10-12)11-4-3-5-13(9-11)15(16,17)18/h6,8,10-11,13-14,19H,2-5,7,9H2,1H3. The predicted molar refractivity (Wildman–Crippen MR) is 76.9 cm³/mol. The van der Waals surface area contributed by atoms with Crippen LogP contribution in [0.3, 0.4) is 0 Å². The van der Waals surface area contributed by atoms with Crippen molar-refractivity contribution in [3.63, 3.8) is 0 Å². The van der Waals surface area contributed by atoms with Crippen LogP contribution < -0.4 is 5.32 Å². The van der Waals surface area contributed by atoms with Gasteiger partial charge in [-0.05, 0) is 60.5 Å². The summed E-state index contributed by atoms with van der Waals surface area (Å²) in [6, 6.07) is 2.11. The van der Waals surface area contributed by atoms with Crippen LogP contribution in [-0.4, -0.2) is 12.7 Å². The summed E-state index contributed by atoms with van der Waals surface area (Å²) >= 11 is 1.61. The number of nitrogens with one attached hydrogen (secondary N) is 1. The van der Waals surface area contributed by atoms with Crippen molar-refractivity contribution in [2.24, 2.45) is 11.8 Å². The summed E-state index contributed by atoms with van der Waals surface area (Å²) in [5.74, 6) is -1.03. The third-order valence-electron chi connectivity index (χ3n) is 4.17. The van der Waals surface area contributed by atoms with Crippen LogP contribution in [-0.2, 0) is 0 Å². The minimum atomic E-state index is -4.04. The molecule has 1 saturated carbocycles. The number of thiophene rings is 1. The van der Waals surface area contributed by atoms with Crippen LogP contribution in [0.1, 0.15) is 50.6 Å². The van der Waals surface area contributed by atoms with Crippen LogP contribution in [0, 0.1) is 11.8 Å². The average molecular weight is 305 g/mol. The van der Waals surface area contributed by atoms with Gasteiger partial charge in [0.15, 0.2) is 0 Å². The van der Waals surface area contributed by atoms with Crippen molar-refractivity contribution in [3.05, 3.63) is 22.4 Å². The highest BCUT2D eigenvalue weighted by Crippen LogP contribution is 2.44. The largest absolute Gasteiger partial charge is 0.391 e. The SMILES string of the molecule is CCCNC(c1ccsc1)C1CCCC(C(F)(F)F)C1. The van der Waals surface area contributed by atoms with Gasteiger partial charge in [-0.15, -0.1) is 0 Å². The zero-order valence-electron chi connectivity index (χ0n) is 11.7. The van der Waals surface area contributed by atoms with E-state index in [1.807, 2.05) is 11.4 Å². The Kier molecular flexibility index (Phi) is 5.49. The minimum Gasteiger partial charge on any atom is -0.310 e. The fourth-order valence-electron chi connectivity index (χ4n) is 3.14. The first-order valence-electron chi connectivity index (χ1n) is 7.34. The van der Waals surface area contributed by atoms with E-state index in [-0.39, 0.29) is 18.4 Å². The normalized spacial score (nSPS) is 25.6. The quantitative estimate of drug-likeness (QED) is 0.792. The van der Waals surface area contributed by atoms with Gasteiger partial charge in [-0.3, -0.25) is 0 Å². The van der Waals surface area contributed by atoms with Gasteiger partial charge in [0.25, 0.3) is 0 Å². The molecule has 0 saturated heterocycles. The van der Waals surface area contributed by atoms with Gasteiger partial charge in [-0.2, -0.15) is 24.5 Å². The molecule has 1 aliphatic rings. The fourth-order valence-corrected chi connectivity index (χ4v) is 3.83. The third-order valence-corrected chi connectivity index (χ3v) is 4.87. The lowest BCUT2D eigenvalue weighted by atomic mass is 9.76. The van der Waals surface area contributed by atoms with Gasteiger partial charge in [-0.25, -0.2) is 0 Å². The number of hydrogen-bond acceptors (Lipinski definition) is 2. The highest BCUT2D eigenvalue weighted by molar-refractivity contribution is 7.07. The number of hydrogen-bond donors (Lipinski definition) is 1. The molecule has 1 fully saturated rings. The molecule has 0 aromatic carbocycles. The molecule has 3 atom stereocenters. The van der Waals surface area contributed by atoms with E-state index in [0.29, 0.717) is 12.8 Å². The molecule has 5 heteroatoms. The molecule has 3 unspecified atom stereocenters. The third kappa shape index (κ3) is 3.98. The van der Waals surface area contributed by atoms with Crippen molar-refractivity contribution in [1.29, 1.82) is 0 Å². The van der Waals surface area contributed by atoms with Crippen molar-refractivity contribution >= 4 is 11.3 Å². The van der Waals surface area contributed by atoms with Gasteiger partial charge in [-0.1, -0.05) is 13.3 Å². The first-order chi connectivity index (χ1) is 9.52. The Bertz CT molecular complexity index is 388. The first-order valence-corrected chi connectivity index (χ1v) is 8.28. The second-order valence-electron chi connectivity index (χ2n) is 5.65. The second-order valence-corrected chi connectivity index (χ2v) is 6.43. The number of halogens is 3. The van der Waals surface area contributed by atoms with E-state index < -0.39 is 12.1 Å². The van der Waals surface area contributed by atoms with Crippen LogP contribution in [0.4, 0.5) is 13.2 Å². The van der Waals surface area contributed by atoms with Crippen molar-refractivity contribution in [3.8, 4) is 0 Å². The van der Waals surface area contributed by atoms with E-state index in [1.54, 1.807) is 11.3 Å². The van der Waals surface area contributed by atoms with Crippen molar-refractivity contribution in [2.75, 3.05) is 6.54 Å². The smallest absolute Gasteiger partial charge is 0.310 e. The molecule has 2 rings (SSSR count). The molecular formula is C15H22F3NS. The topological polar surface area (TPSA) is 12.0 Å². The van der Waals surface area contributed by atoms with Gasteiger partial charge in [0, 0.05) is 6.04 Å². The van der Waals surface area contributed by atoms with Crippen LogP contribution in [0.25, 0.3) is 0 Å². The first kappa shape index (κ1) is 15.8. The van der Waals surface area contributed by atoms with Crippen LogP contribution in [0.5, 0.6) is 0 Å². The Morgan fingerprint density at radius 3 is 2.80 bits per heavy atom. The molecule has 1 N–H and O–H groups in total. The minimum absolute atomic E-state index is 0.0753. The summed E-state index contributed by atoms with van der Waals surface area (Å²) in [6.45, 7) is 2.94. The molecule has 1 nitrogen and oxygen atoms in total. The Hall–Kier alpha value is -0.550. The van der Waals surface area contributed by atoms with Crippen molar-refractivity contribution < 1.29 is 13.2 Å². The van der Waals surface area contributed by atoms with Gasteiger partial charge < -0.3 is 5.32 Å². The average Bonchev–Trinajstić information content (AvgIpc) is 2.92. The zero-order chi connectivity index (χ0) is 14.6. The molecule has 20 heavy (non-hydrogen) atoms. The molecule has 0 spiro atoms. The van der Waals surface area contributed by atoms with Crippen LogP contribution >= 0.6 is 11.3 Å². The fraction of sp³-hybridized carbons (Fsp3) is 0.733. The van der Waals surface area contributed by atoms with E-state index in [4.69, 9.17) is 0 Å². The lowest BCUT2D eigenvalue weighted by molar-refractivity contribution is -0.186.